The largest absolute Gasteiger partial charge is 0.392 e. The number of hydrogen-bond donors (Lipinski definition) is 2. The zero-order chi connectivity index (χ0) is 33.7. The van der Waals surface area contributed by atoms with Gasteiger partial charge in [0.05, 0.1) is 35.8 Å². The van der Waals surface area contributed by atoms with E-state index in [2.05, 4.69) is 27.1 Å². The SMILES string of the molecule is CN1CCN(c2ccc(Nc3cc(-c4cccc(-n5ccc6cc(C7CC7)cc(F)c6c5=O)c4CO)cn(S(C)(=O)=O)c3=O)nc2)CC1. The minimum Gasteiger partial charge on any atom is -0.392 e. The number of hydrogen-bond acceptors (Lipinski definition) is 9. The number of halogens is 1. The number of likely N-dealkylation sites (N-methyl/N-ethyl adjacent to an activating group) is 1. The van der Waals surface area contributed by atoms with Crippen molar-refractivity contribution in [1.29, 1.82) is 0 Å². The molecule has 1 aliphatic heterocycles. The Morgan fingerprint density at radius 2 is 1.77 bits per heavy atom. The molecule has 0 amide bonds. The van der Waals surface area contributed by atoms with Gasteiger partial charge in [0.25, 0.3) is 11.1 Å². The molecule has 3 aromatic heterocycles. The van der Waals surface area contributed by atoms with E-state index in [1.165, 1.54) is 22.9 Å². The standard InChI is InChI=1S/C35H35FN6O5S/c1-39-12-14-40(15-13-39)26-8-9-32(37-19-26)38-30-18-25(20-42(34(30)44)48(2,46)47)27-4-3-5-31(28(27)21-43)41-11-10-23-16-24(22-6-7-22)17-29(36)33(23)35(41)45/h3-5,8-11,16-20,22,43H,6-7,12-15,21H2,1-2H3,(H,37,38). The maximum atomic E-state index is 15.3. The van der Waals surface area contributed by atoms with Gasteiger partial charge in [-0.3, -0.25) is 14.2 Å². The summed E-state index contributed by atoms with van der Waals surface area (Å²) in [5.74, 6) is 0.0558. The highest BCUT2D eigenvalue weighted by atomic mass is 32.2. The molecule has 2 N–H and O–H groups in total. The molecule has 0 bridgehead atoms. The third-order valence-corrected chi connectivity index (χ3v) is 10.1. The first-order valence-corrected chi connectivity index (χ1v) is 17.6. The summed E-state index contributed by atoms with van der Waals surface area (Å²) in [6, 6.07) is 15.0. The van der Waals surface area contributed by atoms with Crippen molar-refractivity contribution < 1.29 is 17.9 Å². The van der Waals surface area contributed by atoms with Crippen LogP contribution in [-0.2, 0) is 16.6 Å². The van der Waals surface area contributed by atoms with Crippen molar-refractivity contribution in [3.8, 4) is 16.8 Å². The molecule has 0 radical (unpaired) electrons. The first kappa shape index (κ1) is 31.7. The lowest BCUT2D eigenvalue weighted by Crippen LogP contribution is -2.44. The van der Waals surface area contributed by atoms with Gasteiger partial charge in [-0.1, -0.05) is 18.2 Å². The van der Waals surface area contributed by atoms with E-state index in [4.69, 9.17) is 0 Å². The summed E-state index contributed by atoms with van der Waals surface area (Å²) in [5.41, 5.74) is 1.61. The number of aromatic nitrogens is 3. The molecule has 0 spiro atoms. The lowest BCUT2D eigenvalue weighted by atomic mass is 9.99. The fourth-order valence-electron chi connectivity index (χ4n) is 6.32. The van der Waals surface area contributed by atoms with Crippen LogP contribution in [-0.4, -0.2) is 71.4 Å². The predicted molar refractivity (Wildman–Crippen MR) is 185 cm³/mol. The van der Waals surface area contributed by atoms with Crippen LogP contribution in [0.4, 0.5) is 21.6 Å². The van der Waals surface area contributed by atoms with Crippen molar-refractivity contribution >= 4 is 38.0 Å². The molecule has 2 aliphatic rings. The quantitative estimate of drug-likeness (QED) is 0.252. The molecule has 5 aromatic rings. The number of piperazine rings is 1. The van der Waals surface area contributed by atoms with Gasteiger partial charge < -0.3 is 20.2 Å². The van der Waals surface area contributed by atoms with Crippen LogP contribution in [0.5, 0.6) is 0 Å². The van der Waals surface area contributed by atoms with Crippen LogP contribution < -0.4 is 21.3 Å². The Labute approximate surface area is 276 Å². The molecule has 4 heterocycles. The van der Waals surface area contributed by atoms with Gasteiger partial charge in [0.1, 0.15) is 17.3 Å². The lowest BCUT2D eigenvalue weighted by molar-refractivity contribution is 0.282. The van der Waals surface area contributed by atoms with Crippen molar-refractivity contribution in [2.24, 2.45) is 0 Å². The van der Waals surface area contributed by atoms with Crippen molar-refractivity contribution in [3.63, 3.8) is 0 Å². The smallest absolute Gasteiger partial charge is 0.287 e. The van der Waals surface area contributed by atoms with Gasteiger partial charge in [-0.05, 0) is 78.7 Å². The van der Waals surface area contributed by atoms with Crippen LogP contribution in [0.1, 0.15) is 29.9 Å². The monoisotopic (exact) mass is 670 g/mol. The fourth-order valence-corrected chi connectivity index (χ4v) is 7.02. The summed E-state index contributed by atoms with van der Waals surface area (Å²) in [6.45, 7) is 3.06. The highest BCUT2D eigenvalue weighted by molar-refractivity contribution is 7.89. The lowest BCUT2D eigenvalue weighted by Gasteiger charge is -2.33. The zero-order valence-electron chi connectivity index (χ0n) is 26.6. The maximum absolute atomic E-state index is 15.3. The highest BCUT2D eigenvalue weighted by Crippen LogP contribution is 2.41. The first-order chi connectivity index (χ1) is 23.0. The molecule has 0 unspecified atom stereocenters. The second-order valence-corrected chi connectivity index (χ2v) is 14.4. The number of pyridine rings is 3. The van der Waals surface area contributed by atoms with Gasteiger partial charge in [0.15, 0.2) is 0 Å². The van der Waals surface area contributed by atoms with Crippen molar-refractivity contribution in [1.82, 2.24) is 18.4 Å². The van der Waals surface area contributed by atoms with Crippen LogP contribution in [0.15, 0.2) is 82.8 Å². The van der Waals surface area contributed by atoms with Gasteiger partial charge in [-0.25, -0.2) is 21.8 Å². The van der Waals surface area contributed by atoms with E-state index in [1.807, 2.05) is 12.1 Å². The number of nitrogens with one attached hydrogen (secondary N) is 1. The Morgan fingerprint density at radius 1 is 1.00 bits per heavy atom. The van der Waals surface area contributed by atoms with Crippen LogP contribution in [0.25, 0.3) is 27.6 Å². The summed E-state index contributed by atoms with van der Waals surface area (Å²) in [7, 11) is -1.98. The third-order valence-electron chi connectivity index (χ3n) is 9.13. The Hall–Kier alpha value is -4.85. The topological polar surface area (TPSA) is 130 Å². The third kappa shape index (κ3) is 6.00. The summed E-state index contributed by atoms with van der Waals surface area (Å²) < 4.78 is 42.8. The molecular formula is C35H35FN6O5S. The van der Waals surface area contributed by atoms with Gasteiger partial charge >= 0.3 is 0 Å². The molecule has 11 nitrogen and oxygen atoms in total. The minimum absolute atomic E-state index is 0.0523. The molecule has 2 aromatic carbocycles. The van der Waals surface area contributed by atoms with Crippen LogP contribution in [0.2, 0.25) is 0 Å². The van der Waals surface area contributed by atoms with E-state index in [-0.39, 0.29) is 22.2 Å². The highest BCUT2D eigenvalue weighted by Gasteiger charge is 2.26. The van der Waals surface area contributed by atoms with Crippen LogP contribution in [0.3, 0.4) is 0 Å². The molecule has 7 rings (SSSR count). The summed E-state index contributed by atoms with van der Waals surface area (Å²) in [4.78, 5) is 36.0. The molecule has 48 heavy (non-hydrogen) atoms. The minimum atomic E-state index is -4.05. The van der Waals surface area contributed by atoms with Gasteiger partial charge in [-0.15, -0.1) is 0 Å². The zero-order valence-corrected chi connectivity index (χ0v) is 27.4. The van der Waals surface area contributed by atoms with E-state index >= 15 is 4.39 Å². The first-order valence-electron chi connectivity index (χ1n) is 15.7. The maximum Gasteiger partial charge on any atom is 0.287 e. The number of nitrogens with zero attached hydrogens (tertiary/aromatic N) is 5. The molecular weight excluding hydrogens is 635 g/mol. The number of anilines is 3. The normalized spacial score (nSPS) is 15.6. The molecule has 248 valence electrons. The van der Waals surface area contributed by atoms with Gasteiger partial charge in [0, 0.05) is 49.7 Å². The Kier molecular flexibility index (Phi) is 8.14. The number of aliphatic hydroxyl groups excluding tert-OH is 1. The van der Waals surface area contributed by atoms with E-state index in [0.29, 0.717) is 32.3 Å². The van der Waals surface area contributed by atoms with E-state index in [0.717, 1.165) is 56.5 Å². The van der Waals surface area contributed by atoms with Gasteiger partial charge in [0.2, 0.25) is 10.0 Å². The number of rotatable bonds is 8. The van der Waals surface area contributed by atoms with Crippen LogP contribution >= 0.6 is 0 Å². The van der Waals surface area contributed by atoms with E-state index in [1.54, 1.807) is 42.7 Å². The number of benzene rings is 2. The summed E-state index contributed by atoms with van der Waals surface area (Å²) >= 11 is 0. The summed E-state index contributed by atoms with van der Waals surface area (Å²) in [5, 5.41) is 14.0. The fraction of sp³-hybridized carbons (Fsp3) is 0.286. The average molecular weight is 671 g/mol. The molecule has 1 saturated heterocycles. The average Bonchev–Trinajstić information content (AvgIpc) is 3.92. The molecule has 13 heteroatoms. The molecule has 2 fully saturated rings. The Morgan fingerprint density at radius 3 is 2.44 bits per heavy atom. The van der Waals surface area contributed by atoms with Crippen molar-refractivity contribution in [2.45, 2.75) is 25.4 Å². The number of fused-ring (bicyclic) bond motifs is 1. The van der Waals surface area contributed by atoms with Crippen molar-refractivity contribution in [3.05, 3.63) is 111 Å². The van der Waals surface area contributed by atoms with Gasteiger partial charge in [-0.2, -0.15) is 0 Å². The second-order valence-electron chi connectivity index (χ2n) is 12.5. The second kappa shape index (κ2) is 12.3. The Bertz CT molecular complexity index is 2270. The molecule has 1 aliphatic carbocycles. The summed E-state index contributed by atoms with van der Waals surface area (Å²) in [6.07, 6.45) is 7.35. The molecule has 1 saturated carbocycles. The van der Waals surface area contributed by atoms with E-state index in [9.17, 15) is 23.1 Å². The molecule has 0 atom stereocenters. The van der Waals surface area contributed by atoms with E-state index < -0.39 is 33.6 Å². The van der Waals surface area contributed by atoms with Crippen LogP contribution in [0, 0.1) is 5.82 Å². The number of aliphatic hydroxyl groups is 1. The predicted octanol–water partition coefficient (Wildman–Crippen LogP) is 4.03. The van der Waals surface area contributed by atoms with Crippen molar-refractivity contribution in [2.75, 3.05) is 49.7 Å². The Balaban J connectivity index is 1.29.